The molecule has 1 fully saturated rings. The van der Waals surface area contributed by atoms with Crippen LogP contribution in [0.4, 0.5) is 11.4 Å². The smallest absolute Gasteiger partial charge is 0.247 e. The Morgan fingerprint density at radius 1 is 1.09 bits per heavy atom. The topological polar surface area (TPSA) is 49.4 Å². The van der Waals surface area contributed by atoms with Crippen molar-refractivity contribution in [2.24, 2.45) is 0 Å². The Kier molecular flexibility index (Phi) is 4.24. The van der Waals surface area contributed by atoms with Crippen LogP contribution in [0.2, 0.25) is 0 Å². The van der Waals surface area contributed by atoms with E-state index in [1.54, 1.807) is 4.90 Å². The Morgan fingerprint density at radius 3 is 2.50 bits per heavy atom. The fourth-order valence-corrected chi connectivity index (χ4v) is 3.01. The number of nitrogens with zero attached hydrogens (tertiary/aromatic N) is 1. The summed E-state index contributed by atoms with van der Waals surface area (Å²) in [7, 11) is 0. The van der Waals surface area contributed by atoms with Crippen molar-refractivity contribution >= 4 is 39.1 Å². The Bertz CT molecular complexity index is 703. The zero-order valence-corrected chi connectivity index (χ0v) is 13.4. The highest BCUT2D eigenvalue weighted by Crippen LogP contribution is 2.28. The third kappa shape index (κ3) is 2.90. The highest BCUT2D eigenvalue weighted by Gasteiger charge is 2.37. The van der Waals surface area contributed by atoms with E-state index in [9.17, 15) is 9.59 Å². The summed E-state index contributed by atoms with van der Waals surface area (Å²) in [6, 6.07) is 16.3. The molecule has 1 heterocycles. The molecule has 2 amide bonds. The number of benzene rings is 2. The number of hydrogen-bond donors (Lipinski definition) is 1. The molecule has 2 aromatic carbocycles. The maximum atomic E-state index is 12.6. The van der Waals surface area contributed by atoms with Crippen LogP contribution in [-0.4, -0.2) is 17.9 Å². The van der Waals surface area contributed by atoms with Gasteiger partial charge >= 0.3 is 0 Å². The summed E-state index contributed by atoms with van der Waals surface area (Å²) in [6.45, 7) is 0. The summed E-state index contributed by atoms with van der Waals surface area (Å²) >= 11 is 3.41. The molecule has 0 saturated carbocycles. The van der Waals surface area contributed by atoms with Crippen molar-refractivity contribution in [3.63, 3.8) is 0 Å². The molecule has 0 radical (unpaired) electrons. The highest BCUT2D eigenvalue weighted by molar-refractivity contribution is 9.10. The average Bonchev–Trinajstić information content (AvgIpc) is 2.92. The summed E-state index contributed by atoms with van der Waals surface area (Å²) in [4.78, 5) is 26.3. The first kappa shape index (κ1) is 14.8. The first-order valence-corrected chi connectivity index (χ1v) is 7.88. The van der Waals surface area contributed by atoms with Crippen molar-refractivity contribution in [3.05, 3.63) is 59.1 Å². The molecule has 5 heteroatoms. The van der Waals surface area contributed by atoms with Crippen molar-refractivity contribution in [2.75, 3.05) is 10.2 Å². The lowest BCUT2D eigenvalue weighted by Gasteiger charge is -2.24. The van der Waals surface area contributed by atoms with Crippen LogP contribution in [0, 0.1) is 0 Å². The van der Waals surface area contributed by atoms with Crippen molar-refractivity contribution < 1.29 is 9.59 Å². The molecule has 1 aliphatic heterocycles. The molecule has 0 aliphatic carbocycles. The van der Waals surface area contributed by atoms with E-state index in [1.807, 2.05) is 54.6 Å². The van der Waals surface area contributed by atoms with E-state index >= 15 is 0 Å². The molecule has 3 rings (SSSR count). The van der Waals surface area contributed by atoms with E-state index in [-0.39, 0.29) is 11.8 Å². The van der Waals surface area contributed by atoms with Gasteiger partial charge in [-0.2, -0.15) is 0 Å². The maximum absolute atomic E-state index is 12.6. The van der Waals surface area contributed by atoms with Crippen LogP contribution in [0.25, 0.3) is 0 Å². The first-order valence-electron chi connectivity index (χ1n) is 7.09. The van der Waals surface area contributed by atoms with Crippen molar-refractivity contribution in [1.29, 1.82) is 0 Å². The van der Waals surface area contributed by atoms with Crippen LogP contribution in [0.3, 0.4) is 0 Å². The van der Waals surface area contributed by atoms with Gasteiger partial charge < -0.3 is 5.32 Å². The summed E-state index contributed by atoms with van der Waals surface area (Å²) in [5.74, 6) is -0.180. The molecule has 0 spiro atoms. The van der Waals surface area contributed by atoms with E-state index in [2.05, 4.69) is 21.2 Å². The van der Waals surface area contributed by atoms with Gasteiger partial charge in [0.25, 0.3) is 0 Å². The summed E-state index contributed by atoms with van der Waals surface area (Å²) < 4.78 is 0.818. The van der Waals surface area contributed by atoms with Gasteiger partial charge in [-0.1, -0.05) is 30.3 Å². The molecular formula is C17H15BrN2O2. The minimum absolute atomic E-state index is 0.0153. The second kappa shape index (κ2) is 6.32. The number of anilines is 2. The lowest BCUT2D eigenvalue weighted by molar-refractivity contribution is -0.120. The Hall–Kier alpha value is -2.14. The number of nitrogens with one attached hydrogen (secondary N) is 1. The first-order chi connectivity index (χ1) is 10.7. The van der Waals surface area contributed by atoms with E-state index in [1.165, 1.54) is 0 Å². The monoisotopic (exact) mass is 358 g/mol. The van der Waals surface area contributed by atoms with Crippen LogP contribution < -0.4 is 10.2 Å². The lowest BCUT2D eigenvalue weighted by atomic mass is 10.2. The van der Waals surface area contributed by atoms with Crippen molar-refractivity contribution in [2.45, 2.75) is 18.9 Å². The predicted molar refractivity (Wildman–Crippen MR) is 89.7 cm³/mol. The molecule has 2 aromatic rings. The van der Waals surface area contributed by atoms with Gasteiger partial charge in [-0.05, 0) is 46.6 Å². The van der Waals surface area contributed by atoms with E-state index in [0.29, 0.717) is 18.5 Å². The zero-order valence-electron chi connectivity index (χ0n) is 11.8. The van der Waals surface area contributed by atoms with Crippen LogP contribution in [0.15, 0.2) is 59.1 Å². The number of amides is 2. The van der Waals surface area contributed by atoms with Crippen LogP contribution in [-0.2, 0) is 9.59 Å². The third-order valence-corrected chi connectivity index (χ3v) is 4.37. The lowest BCUT2D eigenvalue weighted by Crippen LogP contribution is -2.41. The molecule has 112 valence electrons. The number of halogens is 1. The summed E-state index contributed by atoms with van der Waals surface area (Å²) in [6.07, 6.45) is 0.924. The molecule has 0 aromatic heterocycles. The Morgan fingerprint density at radius 2 is 1.77 bits per heavy atom. The van der Waals surface area contributed by atoms with Crippen LogP contribution in [0.1, 0.15) is 12.8 Å². The molecule has 4 nitrogen and oxygen atoms in total. The van der Waals surface area contributed by atoms with Gasteiger partial charge in [0.1, 0.15) is 6.04 Å². The van der Waals surface area contributed by atoms with Crippen LogP contribution >= 0.6 is 15.9 Å². The highest BCUT2D eigenvalue weighted by atomic mass is 79.9. The second-order valence-corrected chi connectivity index (χ2v) is 5.98. The second-order valence-electron chi connectivity index (χ2n) is 5.12. The van der Waals surface area contributed by atoms with Crippen molar-refractivity contribution in [3.8, 4) is 0 Å². The van der Waals surface area contributed by atoms with Gasteiger partial charge in [0, 0.05) is 16.6 Å². The maximum Gasteiger partial charge on any atom is 0.247 e. The number of hydrogen-bond acceptors (Lipinski definition) is 2. The van der Waals surface area contributed by atoms with Crippen LogP contribution in [0.5, 0.6) is 0 Å². The zero-order chi connectivity index (χ0) is 15.5. The third-order valence-electron chi connectivity index (χ3n) is 3.68. The minimum Gasteiger partial charge on any atom is -0.323 e. The number of para-hydroxylation sites is 2. The van der Waals surface area contributed by atoms with Crippen molar-refractivity contribution in [1.82, 2.24) is 0 Å². The summed E-state index contributed by atoms with van der Waals surface area (Å²) in [5, 5.41) is 2.89. The molecule has 1 saturated heterocycles. The molecule has 22 heavy (non-hydrogen) atoms. The van der Waals surface area contributed by atoms with Gasteiger partial charge in [0.05, 0.1) is 5.69 Å². The molecule has 1 atom stereocenters. The SMILES string of the molecule is O=C(Nc1ccccc1Br)C1CCC(=O)N1c1ccccc1. The standard InChI is InChI=1S/C17H15BrN2O2/c18-13-8-4-5-9-14(13)19-17(22)15-10-11-16(21)20(15)12-6-2-1-3-7-12/h1-9,15H,10-11H2,(H,19,22). The average molecular weight is 359 g/mol. The molecule has 1 unspecified atom stereocenters. The largest absolute Gasteiger partial charge is 0.323 e. The van der Waals surface area contributed by atoms with Gasteiger partial charge in [-0.3, -0.25) is 14.5 Å². The molecular weight excluding hydrogens is 344 g/mol. The van der Waals surface area contributed by atoms with Gasteiger partial charge in [0.2, 0.25) is 11.8 Å². The fourth-order valence-electron chi connectivity index (χ4n) is 2.62. The molecule has 1 N–H and O–H groups in total. The van der Waals surface area contributed by atoms with E-state index in [4.69, 9.17) is 0 Å². The summed E-state index contributed by atoms with van der Waals surface area (Å²) in [5.41, 5.74) is 1.47. The number of carbonyl (C=O) groups excluding carboxylic acids is 2. The number of carbonyl (C=O) groups is 2. The molecule has 0 bridgehead atoms. The predicted octanol–water partition coefficient (Wildman–Crippen LogP) is 3.58. The minimum atomic E-state index is -0.470. The van der Waals surface area contributed by atoms with E-state index in [0.717, 1.165) is 10.2 Å². The number of rotatable bonds is 3. The Balaban J connectivity index is 1.82. The van der Waals surface area contributed by atoms with Gasteiger partial charge in [-0.25, -0.2) is 0 Å². The van der Waals surface area contributed by atoms with Gasteiger partial charge in [0.15, 0.2) is 0 Å². The fraction of sp³-hybridized carbons (Fsp3) is 0.176. The van der Waals surface area contributed by atoms with E-state index < -0.39 is 6.04 Å². The Labute approximate surface area is 137 Å². The normalized spacial score (nSPS) is 17.6. The molecule has 1 aliphatic rings. The quantitative estimate of drug-likeness (QED) is 0.911. The van der Waals surface area contributed by atoms with Gasteiger partial charge in [-0.15, -0.1) is 0 Å².